The van der Waals surface area contributed by atoms with Crippen molar-refractivity contribution in [3.63, 3.8) is 0 Å². The third-order valence-corrected chi connectivity index (χ3v) is 2.96. The van der Waals surface area contributed by atoms with Crippen LogP contribution in [-0.2, 0) is 9.53 Å². The van der Waals surface area contributed by atoms with E-state index in [-0.39, 0.29) is 5.92 Å². The molecule has 0 radical (unpaired) electrons. The molecule has 17 heavy (non-hydrogen) atoms. The molecule has 2 N–H and O–H groups in total. The molecule has 4 heteroatoms. The third-order valence-electron chi connectivity index (χ3n) is 2.96. The van der Waals surface area contributed by atoms with E-state index in [1.807, 2.05) is 0 Å². The van der Waals surface area contributed by atoms with E-state index >= 15 is 0 Å². The molecule has 2 unspecified atom stereocenters. The van der Waals surface area contributed by atoms with Crippen molar-refractivity contribution < 1.29 is 14.6 Å². The number of ether oxygens (including phenoxy) is 1. The number of carboxylic acid groups (broad SMARTS) is 1. The largest absolute Gasteiger partial charge is 0.481 e. The van der Waals surface area contributed by atoms with Crippen molar-refractivity contribution in [1.29, 1.82) is 0 Å². The zero-order valence-corrected chi connectivity index (χ0v) is 11.4. The second-order valence-electron chi connectivity index (χ2n) is 4.73. The molecule has 0 bridgehead atoms. The zero-order chi connectivity index (χ0) is 13.1. The van der Waals surface area contributed by atoms with Gasteiger partial charge in [0.2, 0.25) is 0 Å². The van der Waals surface area contributed by atoms with Crippen LogP contribution >= 0.6 is 0 Å². The maximum absolute atomic E-state index is 10.6. The molecule has 0 aliphatic rings. The van der Waals surface area contributed by atoms with Gasteiger partial charge in [0, 0.05) is 19.8 Å². The van der Waals surface area contributed by atoms with Gasteiger partial charge >= 0.3 is 5.97 Å². The van der Waals surface area contributed by atoms with Crippen LogP contribution in [0.5, 0.6) is 0 Å². The Bertz CT molecular complexity index is 197. The highest BCUT2D eigenvalue weighted by molar-refractivity contribution is 5.69. The highest BCUT2D eigenvalue weighted by Gasteiger charge is 2.10. The Morgan fingerprint density at radius 2 is 1.94 bits per heavy atom. The number of rotatable bonds is 11. The van der Waals surface area contributed by atoms with E-state index in [2.05, 4.69) is 12.2 Å². The van der Waals surface area contributed by atoms with E-state index in [1.54, 1.807) is 14.0 Å². The molecule has 0 saturated heterocycles. The number of carboxylic acids is 1. The zero-order valence-electron chi connectivity index (χ0n) is 11.4. The van der Waals surface area contributed by atoms with E-state index in [0.29, 0.717) is 6.04 Å². The molecule has 0 heterocycles. The Labute approximate surface area is 105 Å². The fourth-order valence-corrected chi connectivity index (χ4v) is 1.68. The minimum Gasteiger partial charge on any atom is -0.481 e. The van der Waals surface area contributed by atoms with Gasteiger partial charge in [0.25, 0.3) is 0 Å². The van der Waals surface area contributed by atoms with Crippen LogP contribution in [0.25, 0.3) is 0 Å². The molecule has 0 saturated carbocycles. The molecular formula is C13H27NO3. The highest BCUT2D eigenvalue weighted by atomic mass is 16.5. The first-order chi connectivity index (χ1) is 8.07. The summed E-state index contributed by atoms with van der Waals surface area (Å²) in [6.07, 6.45) is 5.00. The monoisotopic (exact) mass is 245 g/mol. The molecule has 4 nitrogen and oxygen atoms in total. The lowest BCUT2D eigenvalue weighted by molar-refractivity contribution is -0.141. The molecule has 0 rings (SSSR count). The van der Waals surface area contributed by atoms with Crippen LogP contribution < -0.4 is 5.32 Å². The normalized spacial score (nSPS) is 14.5. The minimum atomic E-state index is -0.690. The predicted molar refractivity (Wildman–Crippen MR) is 69.2 cm³/mol. The van der Waals surface area contributed by atoms with Gasteiger partial charge in [-0.25, -0.2) is 0 Å². The van der Waals surface area contributed by atoms with Gasteiger partial charge in [-0.1, -0.05) is 13.3 Å². The van der Waals surface area contributed by atoms with Crippen molar-refractivity contribution in [3.8, 4) is 0 Å². The van der Waals surface area contributed by atoms with Gasteiger partial charge in [-0.05, 0) is 39.2 Å². The first kappa shape index (κ1) is 16.4. The fraction of sp³-hybridized carbons (Fsp3) is 0.923. The van der Waals surface area contributed by atoms with Gasteiger partial charge in [0.15, 0.2) is 0 Å². The predicted octanol–water partition coefficient (Wildman–Crippen LogP) is 2.28. The van der Waals surface area contributed by atoms with Gasteiger partial charge in [-0.3, -0.25) is 4.79 Å². The molecule has 102 valence electrons. The summed E-state index contributed by atoms with van der Waals surface area (Å²) in [4.78, 5) is 10.6. The Morgan fingerprint density at radius 3 is 2.53 bits per heavy atom. The van der Waals surface area contributed by atoms with Gasteiger partial charge < -0.3 is 15.2 Å². The Kier molecular flexibility index (Phi) is 10.2. The standard InChI is InChI=1S/C13H27NO3/c1-11(13(15)16)7-6-8-12(2)14-9-4-5-10-17-3/h11-12,14H,4-10H2,1-3H3,(H,15,16). The molecule has 2 atom stereocenters. The minimum absolute atomic E-state index is 0.219. The first-order valence-corrected chi connectivity index (χ1v) is 6.53. The molecule has 0 aromatic rings. The number of aliphatic carboxylic acids is 1. The summed E-state index contributed by atoms with van der Waals surface area (Å²) in [6.45, 7) is 5.76. The van der Waals surface area contributed by atoms with E-state index in [9.17, 15) is 4.79 Å². The van der Waals surface area contributed by atoms with E-state index < -0.39 is 5.97 Å². The number of nitrogens with one attached hydrogen (secondary N) is 1. The smallest absolute Gasteiger partial charge is 0.306 e. The Balaban J connectivity index is 3.34. The van der Waals surface area contributed by atoms with Gasteiger partial charge in [0.1, 0.15) is 0 Å². The molecular weight excluding hydrogens is 218 g/mol. The molecule has 0 fully saturated rings. The van der Waals surface area contributed by atoms with Crippen molar-refractivity contribution in [2.45, 2.75) is 52.0 Å². The summed E-state index contributed by atoms with van der Waals surface area (Å²) in [5.74, 6) is -0.908. The molecule has 0 aliphatic heterocycles. The van der Waals surface area contributed by atoms with Crippen molar-refractivity contribution in [2.24, 2.45) is 5.92 Å². The summed E-state index contributed by atoms with van der Waals surface area (Å²) in [6, 6.07) is 0.471. The lowest BCUT2D eigenvalue weighted by Gasteiger charge is -2.14. The fourth-order valence-electron chi connectivity index (χ4n) is 1.68. The summed E-state index contributed by atoms with van der Waals surface area (Å²) < 4.78 is 4.98. The van der Waals surface area contributed by atoms with Crippen LogP contribution in [0, 0.1) is 5.92 Å². The van der Waals surface area contributed by atoms with Gasteiger partial charge in [0.05, 0.1) is 5.92 Å². The molecule has 0 spiro atoms. The maximum atomic E-state index is 10.6. The van der Waals surface area contributed by atoms with Crippen LogP contribution in [0.3, 0.4) is 0 Å². The average Bonchev–Trinajstić information content (AvgIpc) is 2.28. The lowest BCUT2D eigenvalue weighted by Crippen LogP contribution is -2.27. The van der Waals surface area contributed by atoms with E-state index in [4.69, 9.17) is 9.84 Å². The quantitative estimate of drug-likeness (QED) is 0.548. The van der Waals surface area contributed by atoms with Crippen LogP contribution in [0.15, 0.2) is 0 Å². The molecule has 0 aromatic carbocycles. The number of unbranched alkanes of at least 4 members (excludes halogenated alkanes) is 1. The van der Waals surface area contributed by atoms with Crippen molar-refractivity contribution in [3.05, 3.63) is 0 Å². The summed E-state index contributed by atoms with van der Waals surface area (Å²) >= 11 is 0. The van der Waals surface area contributed by atoms with Gasteiger partial charge in [-0.2, -0.15) is 0 Å². The van der Waals surface area contributed by atoms with Gasteiger partial charge in [-0.15, -0.1) is 0 Å². The first-order valence-electron chi connectivity index (χ1n) is 6.53. The molecule has 0 aliphatic carbocycles. The van der Waals surface area contributed by atoms with Crippen LogP contribution in [-0.4, -0.2) is 37.4 Å². The third kappa shape index (κ3) is 10.3. The Hall–Kier alpha value is -0.610. The highest BCUT2D eigenvalue weighted by Crippen LogP contribution is 2.09. The van der Waals surface area contributed by atoms with Crippen LogP contribution in [0.4, 0.5) is 0 Å². The Morgan fingerprint density at radius 1 is 1.24 bits per heavy atom. The molecule has 0 amide bonds. The number of hydrogen-bond donors (Lipinski definition) is 2. The summed E-state index contributed by atoms with van der Waals surface area (Å²) in [5.41, 5.74) is 0. The number of methoxy groups -OCH3 is 1. The van der Waals surface area contributed by atoms with E-state index in [1.165, 1.54) is 0 Å². The van der Waals surface area contributed by atoms with Crippen molar-refractivity contribution in [2.75, 3.05) is 20.3 Å². The topological polar surface area (TPSA) is 58.6 Å². The second kappa shape index (κ2) is 10.5. The summed E-state index contributed by atoms with van der Waals surface area (Å²) in [5, 5.41) is 12.2. The number of carbonyl (C=O) groups is 1. The van der Waals surface area contributed by atoms with Crippen molar-refractivity contribution >= 4 is 5.97 Å². The maximum Gasteiger partial charge on any atom is 0.306 e. The number of hydrogen-bond acceptors (Lipinski definition) is 3. The average molecular weight is 245 g/mol. The molecule has 0 aromatic heterocycles. The van der Waals surface area contributed by atoms with Crippen LogP contribution in [0.2, 0.25) is 0 Å². The summed E-state index contributed by atoms with van der Waals surface area (Å²) in [7, 11) is 1.72. The van der Waals surface area contributed by atoms with Crippen LogP contribution in [0.1, 0.15) is 46.0 Å². The SMILES string of the molecule is COCCCCNC(C)CCCC(C)C(=O)O. The second-order valence-corrected chi connectivity index (χ2v) is 4.73. The van der Waals surface area contributed by atoms with Crippen molar-refractivity contribution in [1.82, 2.24) is 5.32 Å². The lowest BCUT2D eigenvalue weighted by atomic mass is 10.0. The van der Waals surface area contributed by atoms with E-state index in [0.717, 1.165) is 45.3 Å².